The van der Waals surface area contributed by atoms with Crippen LogP contribution < -0.4 is 5.73 Å². The van der Waals surface area contributed by atoms with Crippen LogP contribution in [0.2, 0.25) is 0 Å². The number of carbonyl (C=O) groups is 2. The van der Waals surface area contributed by atoms with Gasteiger partial charge in [0.25, 0.3) is 0 Å². The van der Waals surface area contributed by atoms with E-state index in [0.717, 1.165) is 41.2 Å². The van der Waals surface area contributed by atoms with E-state index >= 15 is 0 Å². The second-order valence-electron chi connectivity index (χ2n) is 16.0. The van der Waals surface area contributed by atoms with Gasteiger partial charge in [-0.3, -0.25) is 9.59 Å². The maximum absolute atomic E-state index is 13.7. The number of allylic oxidation sites excluding steroid dienone is 1. The molecule has 0 radical (unpaired) electrons. The largest absolute Gasteiger partial charge is 0.458 e. The highest BCUT2D eigenvalue weighted by Gasteiger charge is 2.75. The lowest BCUT2D eigenvalue weighted by Gasteiger charge is -2.72. The number of aliphatic hydroxyl groups excluding tert-OH is 2. The topological polar surface area (TPSA) is 141 Å². The second kappa shape index (κ2) is 11.3. The summed E-state index contributed by atoms with van der Waals surface area (Å²) in [5.74, 6) is -0.915. The Morgan fingerprint density at radius 1 is 0.979 bits per heavy atom. The minimum atomic E-state index is -0.700. The van der Waals surface area contributed by atoms with Gasteiger partial charge in [0.15, 0.2) is 5.78 Å². The Morgan fingerprint density at radius 3 is 2.38 bits per heavy atom. The van der Waals surface area contributed by atoms with Crippen molar-refractivity contribution in [3.8, 4) is 0 Å². The maximum Gasteiger partial charge on any atom is 0.303 e. The molecule has 48 heavy (non-hydrogen) atoms. The Morgan fingerprint density at radius 2 is 1.71 bits per heavy atom. The lowest BCUT2D eigenvalue weighted by Crippen LogP contribution is -2.72. The molecule has 4 saturated carbocycles. The quantitative estimate of drug-likeness (QED) is 0.240. The molecular weight excluding hydrogens is 604 g/mol. The minimum Gasteiger partial charge on any atom is -0.458 e. The summed E-state index contributed by atoms with van der Waals surface area (Å²) in [6.07, 6.45) is 4.01. The molecule has 9 heteroatoms. The molecule has 0 unspecified atom stereocenters. The molecule has 9 nitrogen and oxygen atoms in total. The Labute approximate surface area is 282 Å². The van der Waals surface area contributed by atoms with Gasteiger partial charge in [-0.2, -0.15) is 0 Å². The van der Waals surface area contributed by atoms with Crippen molar-refractivity contribution in [3.63, 3.8) is 0 Å². The number of ether oxygens (including phenoxy) is 1. The normalized spacial score (nSPS) is 40.1. The van der Waals surface area contributed by atoms with E-state index < -0.39 is 40.1 Å². The van der Waals surface area contributed by atoms with Crippen LogP contribution in [0.15, 0.2) is 54.2 Å². The summed E-state index contributed by atoms with van der Waals surface area (Å²) in [4.78, 5) is 26.4. The fraction of sp³-hybridized carbons (Fsp3) is 0.590. The molecule has 1 aromatic heterocycles. The molecule has 2 aromatic carbocycles. The van der Waals surface area contributed by atoms with Crippen molar-refractivity contribution in [3.05, 3.63) is 65.5 Å². The molecule has 10 atom stereocenters. The Hall–Kier alpha value is -3.40. The number of esters is 1. The third-order valence-electron chi connectivity index (χ3n) is 14.1. The summed E-state index contributed by atoms with van der Waals surface area (Å²) in [5.41, 5.74) is 7.11. The van der Waals surface area contributed by atoms with Crippen LogP contribution in [0.3, 0.4) is 0 Å². The molecule has 256 valence electrons. The first kappa shape index (κ1) is 33.1. The van der Waals surface area contributed by atoms with Crippen LogP contribution in [0.5, 0.6) is 0 Å². The van der Waals surface area contributed by atoms with Crippen LogP contribution in [0.25, 0.3) is 16.3 Å². The average molecular weight is 655 g/mol. The number of hydrogen-bond acceptors (Lipinski definition) is 8. The van der Waals surface area contributed by atoms with E-state index in [-0.39, 0.29) is 36.1 Å². The number of rotatable bonds is 5. The van der Waals surface area contributed by atoms with E-state index in [1.807, 2.05) is 41.2 Å². The monoisotopic (exact) mass is 654 g/mol. The minimum absolute atomic E-state index is 0.0740. The van der Waals surface area contributed by atoms with Gasteiger partial charge in [-0.15, -0.1) is 5.10 Å². The lowest BCUT2D eigenvalue weighted by molar-refractivity contribution is -0.264. The van der Waals surface area contributed by atoms with E-state index in [2.05, 4.69) is 50.1 Å². The number of fused-ring (bicyclic) bond motifs is 6. The van der Waals surface area contributed by atoms with Gasteiger partial charge < -0.3 is 20.7 Å². The fourth-order valence-corrected chi connectivity index (χ4v) is 11.8. The predicted octanol–water partition coefficient (Wildman–Crippen LogP) is 5.56. The smallest absolute Gasteiger partial charge is 0.303 e. The highest BCUT2D eigenvalue weighted by molar-refractivity contribution is 6.21. The van der Waals surface area contributed by atoms with Crippen LogP contribution in [0, 0.1) is 34.0 Å². The number of nitrogens with zero attached hydrogens (tertiary/aromatic N) is 3. The van der Waals surface area contributed by atoms with Crippen LogP contribution in [0.1, 0.15) is 91.3 Å². The number of hydrogen-bond donors (Lipinski definition) is 3. The molecule has 4 aliphatic rings. The van der Waals surface area contributed by atoms with Gasteiger partial charge in [0.2, 0.25) is 0 Å². The van der Waals surface area contributed by atoms with Crippen molar-refractivity contribution in [1.29, 1.82) is 0 Å². The number of benzene rings is 2. The zero-order valence-corrected chi connectivity index (χ0v) is 29.1. The van der Waals surface area contributed by atoms with Crippen molar-refractivity contribution in [2.75, 3.05) is 0 Å². The molecule has 4 N–H and O–H groups in total. The first-order valence-electron chi connectivity index (χ1n) is 17.6. The Balaban J connectivity index is 1.41. The summed E-state index contributed by atoms with van der Waals surface area (Å²) in [7, 11) is 0. The number of nitrogens with two attached hydrogens (primary N) is 1. The van der Waals surface area contributed by atoms with Crippen molar-refractivity contribution in [2.45, 2.75) is 110 Å². The molecule has 0 aliphatic heterocycles. The van der Waals surface area contributed by atoms with Gasteiger partial charge in [0.1, 0.15) is 6.10 Å². The van der Waals surface area contributed by atoms with Crippen molar-refractivity contribution >= 4 is 28.1 Å². The number of aliphatic hydroxyl groups is 2. The van der Waals surface area contributed by atoms with Gasteiger partial charge >= 0.3 is 5.97 Å². The summed E-state index contributed by atoms with van der Waals surface area (Å²) in [6.45, 7) is 12.3. The van der Waals surface area contributed by atoms with Gasteiger partial charge in [0.05, 0.1) is 29.6 Å². The molecule has 0 amide bonds. The van der Waals surface area contributed by atoms with Crippen molar-refractivity contribution in [2.24, 2.45) is 39.7 Å². The van der Waals surface area contributed by atoms with E-state index in [4.69, 9.17) is 10.5 Å². The SMILES string of the molecule is CC(=O)O[C@H]1C[C@@]2(C)[C@@H](C[C@@H](O)[C@@H]3[C@]2(C)CC[C@@]2(n4cc(CN)nn4)[C@H](C)[C@H](O)CC[C@]32C)/C1=C(/C(C)=O)c1ccc2ccccc2c1. The van der Waals surface area contributed by atoms with Crippen molar-refractivity contribution in [1.82, 2.24) is 15.0 Å². The Bertz CT molecular complexity index is 1820. The fourth-order valence-electron chi connectivity index (χ4n) is 11.8. The maximum atomic E-state index is 13.7. The molecule has 4 aliphatic carbocycles. The molecule has 7 rings (SSSR count). The number of ketones is 1. The summed E-state index contributed by atoms with van der Waals surface area (Å²) < 4.78 is 8.12. The Kier molecular flexibility index (Phi) is 7.81. The van der Waals surface area contributed by atoms with E-state index in [9.17, 15) is 19.8 Å². The van der Waals surface area contributed by atoms with Gasteiger partial charge in [-0.05, 0) is 102 Å². The summed E-state index contributed by atoms with van der Waals surface area (Å²) >= 11 is 0. The summed E-state index contributed by atoms with van der Waals surface area (Å²) in [5, 5.41) is 35.1. The molecule has 0 bridgehead atoms. The standard InChI is InChI=1S/C39H50N4O5/c1-22-30(46)13-14-37(5)35-31(47)18-29-34(33(23(2)44)27-12-11-25-9-7-8-10-26(25)17-27)32(48-24(3)45)19-38(29,6)36(35,4)15-16-39(22,37)43-21-28(20-40)41-42-43/h7-12,17,21-22,29-32,35,46-47H,13-16,18-20,40H2,1-6H3/b34-33+/t22-,29+,30-,31-,32+,35-,36+,37-,38+,39-/m1/s1. The average Bonchev–Trinajstić information content (AvgIpc) is 3.63. The number of carbonyl (C=O) groups excluding carboxylic acids is 2. The molecule has 3 aromatic rings. The highest BCUT2D eigenvalue weighted by atomic mass is 16.5. The zero-order valence-electron chi connectivity index (χ0n) is 29.1. The van der Waals surface area contributed by atoms with E-state index in [1.54, 1.807) is 6.92 Å². The third kappa shape index (κ3) is 4.39. The van der Waals surface area contributed by atoms with Crippen LogP contribution in [-0.4, -0.2) is 55.3 Å². The first-order valence-corrected chi connectivity index (χ1v) is 17.6. The predicted molar refractivity (Wildman–Crippen MR) is 183 cm³/mol. The molecular formula is C39H50N4O5. The molecule has 4 fully saturated rings. The van der Waals surface area contributed by atoms with Crippen LogP contribution in [-0.2, 0) is 26.4 Å². The van der Waals surface area contributed by atoms with Gasteiger partial charge in [0, 0.05) is 25.0 Å². The summed E-state index contributed by atoms with van der Waals surface area (Å²) in [6, 6.07) is 14.2. The molecule has 0 saturated heterocycles. The van der Waals surface area contributed by atoms with Crippen LogP contribution in [0.4, 0.5) is 0 Å². The third-order valence-corrected chi connectivity index (χ3v) is 14.1. The number of aromatic nitrogens is 3. The van der Waals surface area contributed by atoms with Gasteiger partial charge in [-0.1, -0.05) is 69.3 Å². The second-order valence-corrected chi connectivity index (χ2v) is 16.0. The van der Waals surface area contributed by atoms with Gasteiger partial charge in [-0.25, -0.2) is 4.68 Å². The van der Waals surface area contributed by atoms with Crippen molar-refractivity contribution < 1.29 is 24.5 Å². The van der Waals surface area contributed by atoms with E-state index in [1.165, 1.54) is 6.92 Å². The van der Waals surface area contributed by atoms with E-state index in [0.29, 0.717) is 30.5 Å². The zero-order chi connectivity index (χ0) is 34.4. The lowest BCUT2D eigenvalue weighted by atomic mass is 9.34. The molecule has 1 heterocycles. The highest BCUT2D eigenvalue weighted by Crippen LogP contribution is 2.76. The molecule has 0 spiro atoms. The van der Waals surface area contributed by atoms with Crippen LogP contribution >= 0.6 is 0 Å². The first-order chi connectivity index (χ1) is 22.7. The number of Topliss-reactive ketones (excluding diaryl/α,β-unsaturated/α-hetero) is 1.